The molecule has 0 bridgehead atoms. The fraction of sp³-hybridized carbons (Fsp3) is 0.467. The van der Waals surface area contributed by atoms with Crippen LogP contribution >= 0.6 is 0 Å². The number of anilines is 1. The number of hydrogen-bond donors (Lipinski definition) is 1. The van der Waals surface area contributed by atoms with Gasteiger partial charge in [0.2, 0.25) is 5.91 Å². The summed E-state index contributed by atoms with van der Waals surface area (Å²) in [6.45, 7) is 2.70. The molecule has 1 N–H and O–H groups in total. The summed E-state index contributed by atoms with van der Waals surface area (Å²) in [6, 6.07) is 7.23. The molecule has 6 heteroatoms. The van der Waals surface area contributed by atoms with Crippen molar-refractivity contribution in [2.45, 2.75) is 25.9 Å². The molecule has 1 aromatic carbocycles. The quantitative estimate of drug-likeness (QED) is 0.870. The summed E-state index contributed by atoms with van der Waals surface area (Å²) in [7, 11) is 1.58. The van der Waals surface area contributed by atoms with Crippen LogP contribution < -0.4 is 15.0 Å². The van der Waals surface area contributed by atoms with Gasteiger partial charge in [-0.15, -0.1) is 0 Å². The van der Waals surface area contributed by atoms with Crippen LogP contribution in [0.25, 0.3) is 0 Å². The number of nitrogens with zero attached hydrogens (tertiary/aromatic N) is 1. The van der Waals surface area contributed by atoms with Crippen molar-refractivity contribution in [3.05, 3.63) is 24.3 Å². The minimum atomic E-state index is -0.405. The van der Waals surface area contributed by atoms with Gasteiger partial charge in [-0.3, -0.25) is 9.69 Å². The first-order valence-corrected chi connectivity index (χ1v) is 7.03. The monoisotopic (exact) mass is 292 g/mol. The predicted molar refractivity (Wildman–Crippen MR) is 78.5 cm³/mol. The van der Waals surface area contributed by atoms with E-state index in [1.165, 1.54) is 0 Å². The number of carbonyl (C=O) groups excluding carboxylic acids is 2. The molecule has 2 rings (SSSR count). The molecule has 2 amide bonds. The molecule has 21 heavy (non-hydrogen) atoms. The van der Waals surface area contributed by atoms with Crippen molar-refractivity contribution >= 4 is 17.7 Å². The van der Waals surface area contributed by atoms with Crippen LogP contribution in [0, 0.1) is 0 Å². The molecule has 0 aromatic heterocycles. The van der Waals surface area contributed by atoms with Crippen LogP contribution in [0.3, 0.4) is 0 Å². The van der Waals surface area contributed by atoms with E-state index in [1.807, 2.05) is 25.1 Å². The number of rotatable bonds is 6. The number of benzene rings is 1. The lowest BCUT2D eigenvalue weighted by atomic mass is 10.2. The molecule has 0 saturated carbocycles. The highest BCUT2D eigenvalue weighted by atomic mass is 16.6. The minimum absolute atomic E-state index is 0.0200. The number of nitrogens with one attached hydrogen (secondary N) is 1. The Hall–Kier alpha value is -2.24. The maximum Gasteiger partial charge on any atom is 0.414 e. The Bertz CT molecular complexity index is 518. The van der Waals surface area contributed by atoms with Crippen LogP contribution in [0.5, 0.6) is 5.75 Å². The third kappa shape index (κ3) is 3.87. The fourth-order valence-electron chi connectivity index (χ4n) is 2.16. The number of carbonyl (C=O) groups is 2. The Morgan fingerprint density at radius 3 is 3.05 bits per heavy atom. The average molecular weight is 292 g/mol. The number of ether oxygens (including phenoxy) is 2. The van der Waals surface area contributed by atoms with Crippen LogP contribution in [0.2, 0.25) is 0 Å². The van der Waals surface area contributed by atoms with Crippen LogP contribution in [0.1, 0.15) is 19.8 Å². The van der Waals surface area contributed by atoms with Gasteiger partial charge in [0, 0.05) is 12.5 Å². The number of hydrogen-bond acceptors (Lipinski definition) is 4. The van der Waals surface area contributed by atoms with Crippen molar-refractivity contribution in [2.75, 3.05) is 25.1 Å². The summed E-state index contributed by atoms with van der Waals surface area (Å²) in [5.41, 5.74) is 0.724. The summed E-state index contributed by atoms with van der Waals surface area (Å²) >= 11 is 0. The van der Waals surface area contributed by atoms with E-state index in [0.717, 1.165) is 12.1 Å². The number of cyclic esters (lactones) is 1. The SMILES string of the molecule is CCCC(=O)NCC1CN(c2cccc(OC)c2)C(=O)O1. The standard InChI is InChI=1S/C15H20N2O4/c1-3-5-14(18)16-9-13-10-17(15(19)21-13)11-6-4-7-12(8-11)20-2/h4,6-8,13H,3,5,9-10H2,1-2H3,(H,16,18). The molecular formula is C15H20N2O4. The molecular weight excluding hydrogens is 272 g/mol. The lowest BCUT2D eigenvalue weighted by Gasteiger charge is -2.14. The van der Waals surface area contributed by atoms with Gasteiger partial charge in [-0.2, -0.15) is 0 Å². The molecule has 1 fully saturated rings. The van der Waals surface area contributed by atoms with E-state index in [0.29, 0.717) is 25.3 Å². The molecule has 1 aliphatic rings. The van der Waals surface area contributed by atoms with Gasteiger partial charge in [0.05, 0.1) is 25.9 Å². The zero-order valence-corrected chi connectivity index (χ0v) is 12.3. The van der Waals surface area contributed by atoms with Crippen molar-refractivity contribution < 1.29 is 19.1 Å². The Morgan fingerprint density at radius 1 is 1.52 bits per heavy atom. The van der Waals surface area contributed by atoms with E-state index >= 15 is 0 Å². The van der Waals surface area contributed by atoms with Gasteiger partial charge in [0.1, 0.15) is 11.9 Å². The molecule has 0 radical (unpaired) electrons. The van der Waals surface area contributed by atoms with Crippen LogP contribution in [0.4, 0.5) is 10.5 Å². The maximum absolute atomic E-state index is 11.9. The van der Waals surface area contributed by atoms with Crippen molar-refractivity contribution in [3.8, 4) is 5.75 Å². The third-order valence-electron chi connectivity index (χ3n) is 3.24. The number of methoxy groups -OCH3 is 1. The average Bonchev–Trinajstić information content (AvgIpc) is 2.87. The molecule has 114 valence electrons. The van der Waals surface area contributed by atoms with Crippen LogP contribution in [0.15, 0.2) is 24.3 Å². The molecule has 1 heterocycles. The summed E-state index contributed by atoms with van der Waals surface area (Å²) in [6.07, 6.45) is 0.550. The lowest BCUT2D eigenvalue weighted by Crippen LogP contribution is -2.34. The van der Waals surface area contributed by atoms with E-state index in [9.17, 15) is 9.59 Å². The van der Waals surface area contributed by atoms with Crippen LogP contribution in [-0.4, -0.2) is 38.3 Å². The zero-order valence-electron chi connectivity index (χ0n) is 12.3. The van der Waals surface area contributed by atoms with Gasteiger partial charge in [-0.05, 0) is 18.6 Å². The van der Waals surface area contributed by atoms with Gasteiger partial charge < -0.3 is 14.8 Å². The van der Waals surface area contributed by atoms with E-state index in [-0.39, 0.29) is 12.0 Å². The normalized spacial score (nSPS) is 17.5. The summed E-state index contributed by atoms with van der Waals surface area (Å²) in [4.78, 5) is 24.9. The highest BCUT2D eigenvalue weighted by Crippen LogP contribution is 2.25. The predicted octanol–water partition coefficient (Wildman–Crippen LogP) is 1.94. The Balaban J connectivity index is 1.94. The van der Waals surface area contributed by atoms with Gasteiger partial charge >= 0.3 is 6.09 Å². The van der Waals surface area contributed by atoms with E-state index < -0.39 is 6.09 Å². The van der Waals surface area contributed by atoms with E-state index in [2.05, 4.69) is 5.32 Å². The summed E-state index contributed by atoms with van der Waals surface area (Å²) < 4.78 is 10.4. The second kappa shape index (κ2) is 6.97. The maximum atomic E-state index is 11.9. The fourth-order valence-corrected chi connectivity index (χ4v) is 2.16. The first kappa shape index (κ1) is 15.2. The molecule has 1 atom stereocenters. The molecule has 0 spiro atoms. The van der Waals surface area contributed by atoms with E-state index in [4.69, 9.17) is 9.47 Å². The molecule has 1 aliphatic heterocycles. The van der Waals surface area contributed by atoms with Crippen molar-refractivity contribution in [1.29, 1.82) is 0 Å². The topological polar surface area (TPSA) is 67.9 Å². The molecule has 1 aromatic rings. The lowest BCUT2D eigenvalue weighted by molar-refractivity contribution is -0.121. The van der Waals surface area contributed by atoms with Gasteiger partial charge in [0.25, 0.3) is 0 Å². The highest BCUT2D eigenvalue weighted by molar-refractivity contribution is 5.90. The van der Waals surface area contributed by atoms with E-state index in [1.54, 1.807) is 18.1 Å². The van der Waals surface area contributed by atoms with Gasteiger partial charge in [0.15, 0.2) is 0 Å². The van der Waals surface area contributed by atoms with Crippen molar-refractivity contribution in [1.82, 2.24) is 5.32 Å². The summed E-state index contributed by atoms with van der Waals surface area (Å²) in [5.74, 6) is 0.661. The number of amides is 2. The second-order valence-electron chi connectivity index (χ2n) is 4.87. The van der Waals surface area contributed by atoms with Gasteiger partial charge in [-0.1, -0.05) is 13.0 Å². The highest BCUT2D eigenvalue weighted by Gasteiger charge is 2.32. The molecule has 1 unspecified atom stereocenters. The first-order valence-electron chi connectivity index (χ1n) is 7.03. The van der Waals surface area contributed by atoms with Crippen LogP contribution in [-0.2, 0) is 9.53 Å². The van der Waals surface area contributed by atoms with Crippen molar-refractivity contribution in [2.24, 2.45) is 0 Å². The van der Waals surface area contributed by atoms with Gasteiger partial charge in [-0.25, -0.2) is 4.79 Å². The minimum Gasteiger partial charge on any atom is -0.497 e. The molecule has 0 aliphatic carbocycles. The van der Waals surface area contributed by atoms with Crippen molar-refractivity contribution in [3.63, 3.8) is 0 Å². The Morgan fingerprint density at radius 2 is 2.33 bits per heavy atom. The smallest absolute Gasteiger partial charge is 0.414 e. The summed E-state index contributed by atoms with van der Waals surface area (Å²) in [5, 5.41) is 2.77. The largest absolute Gasteiger partial charge is 0.497 e. The third-order valence-corrected chi connectivity index (χ3v) is 3.24. The Labute approximate surface area is 124 Å². The second-order valence-corrected chi connectivity index (χ2v) is 4.87. The molecule has 1 saturated heterocycles. The zero-order chi connectivity index (χ0) is 15.2. The molecule has 6 nitrogen and oxygen atoms in total. The Kier molecular flexibility index (Phi) is 5.03. The first-order chi connectivity index (χ1) is 10.1.